The molecule has 0 saturated heterocycles. The fourth-order valence-electron chi connectivity index (χ4n) is 6.90. The average molecular weight is 565 g/mol. The summed E-state index contributed by atoms with van der Waals surface area (Å²) in [5.41, 5.74) is 11.6. The summed E-state index contributed by atoms with van der Waals surface area (Å²) in [6.45, 7) is 0. The Morgan fingerprint density at radius 3 is 1.93 bits per heavy atom. The van der Waals surface area contributed by atoms with E-state index in [1.165, 1.54) is 27.4 Å². The summed E-state index contributed by atoms with van der Waals surface area (Å²) in [5.74, 6) is 0.838. The van der Waals surface area contributed by atoms with Crippen molar-refractivity contribution in [2.75, 3.05) is 0 Å². The van der Waals surface area contributed by atoms with Gasteiger partial charge in [0.25, 0.3) is 0 Å². The standard InChI is InChI=1S/C39H24N4O/c1-2-10-25(11-3-1)26-18-20-27(21-19-26)41-32-14-6-4-12-29(32)31-24-28(22-23-33(31)41)42-34-15-7-8-16-35(34)43-38-37(40-39(42)43)30-13-5-9-17-36(30)44-38/h1-24H. The molecule has 0 fully saturated rings. The molecule has 6 aromatic carbocycles. The van der Waals surface area contributed by atoms with Crippen LogP contribution in [-0.4, -0.2) is 18.5 Å². The second-order valence-electron chi connectivity index (χ2n) is 11.3. The molecular weight excluding hydrogens is 540 g/mol. The molecular formula is C39H24N4O. The Morgan fingerprint density at radius 2 is 1.09 bits per heavy atom. The molecule has 10 aromatic rings. The van der Waals surface area contributed by atoms with E-state index in [1.54, 1.807) is 0 Å². The molecule has 0 aliphatic heterocycles. The Labute approximate surface area is 251 Å². The van der Waals surface area contributed by atoms with Gasteiger partial charge < -0.3 is 8.98 Å². The smallest absolute Gasteiger partial charge is 0.234 e. The van der Waals surface area contributed by atoms with Crippen LogP contribution in [-0.2, 0) is 0 Å². The summed E-state index contributed by atoms with van der Waals surface area (Å²) in [7, 11) is 0. The van der Waals surface area contributed by atoms with Crippen molar-refractivity contribution >= 4 is 60.8 Å². The minimum atomic E-state index is 0.771. The number of imidazole rings is 2. The number of nitrogens with zero attached hydrogens (tertiary/aromatic N) is 4. The molecule has 0 saturated carbocycles. The van der Waals surface area contributed by atoms with Crippen LogP contribution in [0.25, 0.3) is 83.3 Å². The van der Waals surface area contributed by atoms with Crippen molar-refractivity contribution in [1.82, 2.24) is 18.5 Å². The lowest BCUT2D eigenvalue weighted by atomic mass is 10.1. The van der Waals surface area contributed by atoms with Gasteiger partial charge in [-0.1, -0.05) is 84.9 Å². The summed E-state index contributed by atoms with van der Waals surface area (Å²) in [4.78, 5) is 5.17. The van der Waals surface area contributed by atoms with Gasteiger partial charge in [0.15, 0.2) is 0 Å². The van der Waals surface area contributed by atoms with Gasteiger partial charge in [0.05, 0.1) is 22.1 Å². The fraction of sp³-hybridized carbons (Fsp3) is 0. The summed E-state index contributed by atoms with van der Waals surface area (Å²) >= 11 is 0. The minimum Gasteiger partial charge on any atom is -0.437 e. The third-order valence-corrected chi connectivity index (χ3v) is 8.88. The van der Waals surface area contributed by atoms with Crippen molar-refractivity contribution in [2.45, 2.75) is 0 Å². The summed E-state index contributed by atoms with van der Waals surface area (Å²) in [6.07, 6.45) is 0. The first kappa shape index (κ1) is 23.5. The van der Waals surface area contributed by atoms with E-state index in [4.69, 9.17) is 9.40 Å². The molecule has 0 aliphatic carbocycles. The van der Waals surface area contributed by atoms with Crippen molar-refractivity contribution in [2.24, 2.45) is 0 Å². The Bertz CT molecular complexity index is 2700. The predicted molar refractivity (Wildman–Crippen MR) is 179 cm³/mol. The Kier molecular flexibility index (Phi) is 4.66. The molecule has 5 nitrogen and oxygen atoms in total. The quantitative estimate of drug-likeness (QED) is 0.214. The number of rotatable bonds is 3. The van der Waals surface area contributed by atoms with Crippen LogP contribution in [0.2, 0.25) is 0 Å². The van der Waals surface area contributed by atoms with E-state index in [0.717, 1.165) is 55.9 Å². The van der Waals surface area contributed by atoms with Crippen molar-refractivity contribution in [3.63, 3.8) is 0 Å². The molecule has 206 valence electrons. The first-order valence-corrected chi connectivity index (χ1v) is 14.8. The lowest BCUT2D eigenvalue weighted by Gasteiger charge is -2.10. The molecule has 0 unspecified atom stereocenters. The van der Waals surface area contributed by atoms with Gasteiger partial charge in [0, 0.05) is 27.5 Å². The van der Waals surface area contributed by atoms with E-state index in [1.807, 2.05) is 18.2 Å². The molecule has 0 spiro atoms. The average Bonchev–Trinajstić information content (AvgIpc) is 3.81. The van der Waals surface area contributed by atoms with Crippen LogP contribution in [0.5, 0.6) is 0 Å². The highest BCUT2D eigenvalue weighted by Crippen LogP contribution is 2.37. The highest BCUT2D eigenvalue weighted by molar-refractivity contribution is 6.10. The van der Waals surface area contributed by atoms with Gasteiger partial charge in [-0.15, -0.1) is 0 Å². The number of hydrogen-bond donors (Lipinski definition) is 0. The highest BCUT2D eigenvalue weighted by Gasteiger charge is 2.22. The van der Waals surface area contributed by atoms with Gasteiger partial charge in [-0.3, -0.25) is 4.57 Å². The fourth-order valence-corrected chi connectivity index (χ4v) is 6.90. The van der Waals surface area contributed by atoms with Crippen molar-refractivity contribution < 1.29 is 4.42 Å². The maximum Gasteiger partial charge on any atom is 0.234 e. The van der Waals surface area contributed by atoms with Crippen LogP contribution in [0.1, 0.15) is 0 Å². The van der Waals surface area contributed by atoms with Gasteiger partial charge in [-0.25, -0.2) is 9.38 Å². The second-order valence-corrected chi connectivity index (χ2v) is 11.3. The second kappa shape index (κ2) is 8.72. The number of para-hydroxylation sites is 4. The predicted octanol–water partition coefficient (Wildman–Crippen LogP) is 9.94. The van der Waals surface area contributed by atoms with Crippen LogP contribution in [0.4, 0.5) is 0 Å². The lowest BCUT2D eigenvalue weighted by molar-refractivity contribution is 0.651. The molecule has 0 amide bonds. The first-order chi connectivity index (χ1) is 21.8. The first-order valence-electron chi connectivity index (χ1n) is 14.8. The molecule has 0 bridgehead atoms. The van der Waals surface area contributed by atoms with Crippen LogP contribution in [0, 0.1) is 0 Å². The third kappa shape index (κ3) is 3.15. The zero-order chi connectivity index (χ0) is 28.8. The van der Waals surface area contributed by atoms with Gasteiger partial charge in [-0.05, 0) is 71.8 Å². The molecule has 0 N–H and O–H groups in total. The van der Waals surface area contributed by atoms with Crippen molar-refractivity contribution in [1.29, 1.82) is 0 Å². The molecule has 10 rings (SSSR count). The molecule has 5 heteroatoms. The SMILES string of the molecule is c1ccc(-c2ccc(-n3c4ccccc4c4cc(-n5c6ccccc6n6c7oc8ccccc8c7nc56)ccc43)cc2)cc1. The molecule has 0 radical (unpaired) electrons. The monoisotopic (exact) mass is 564 g/mol. The number of benzene rings is 6. The van der Waals surface area contributed by atoms with E-state index in [9.17, 15) is 0 Å². The van der Waals surface area contributed by atoms with Gasteiger partial charge in [0.1, 0.15) is 11.1 Å². The van der Waals surface area contributed by atoms with E-state index in [-0.39, 0.29) is 0 Å². The third-order valence-electron chi connectivity index (χ3n) is 8.88. The highest BCUT2D eigenvalue weighted by atomic mass is 16.3. The van der Waals surface area contributed by atoms with E-state index in [2.05, 4.69) is 141 Å². The molecule has 0 atom stereocenters. The summed E-state index contributed by atoms with van der Waals surface area (Å²) in [6, 6.07) is 51.3. The maximum atomic E-state index is 6.36. The Morgan fingerprint density at radius 1 is 0.455 bits per heavy atom. The molecule has 0 aliphatic rings. The summed E-state index contributed by atoms with van der Waals surface area (Å²) in [5, 5.41) is 3.44. The topological polar surface area (TPSA) is 40.3 Å². The van der Waals surface area contributed by atoms with Gasteiger partial charge in [-0.2, -0.15) is 0 Å². The zero-order valence-electron chi connectivity index (χ0n) is 23.6. The maximum absolute atomic E-state index is 6.36. The normalized spacial score (nSPS) is 12.1. The van der Waals surface area contributed by atoms with Crippen LogP contribution < -0.4 is 0 Å². The Hall–Kier alpha value is -6.07. The number of hydrogen-bond acceptors (Lipinski definition) is 2. The van der Waals surface area contributed by atoms with Crippen LogP contribution in [0.3, 0.4) is 0 Å². The van der Waals surface area contributed by atoms with E-state index in [0.29, 0.717) is 0 Å². The van der Waals surface area contributed by atoms with E-state index >= 15 is 0 Å². The largest absolute Gasteiger partial charge is 0.437 e. The van der Waals surface area contributed by atoms with Crippen LogP contribution >= 0.6 is 0 Å². The molecule has 44 heavy (non-hydrogen) atoms. The number of fused-ring (bicyclic) bond motifs is 10. The number of aromatic nitrogens is 4. The van der Waals surface area contributed by atoms with Crippen molar-refractivity contribution in [3.8, 4) is 22.5 Å². The van der Waals surface area contributed by atoms with Crippen molar-refractivity contribution in [3.05, 3.63) is 146 Å². The minimum absolute atomic E-state index is 0.771. The van der Waals surface area contributed by atoms with Crippen LogP contribution in [0.15, 0.2) is 150 Å². The summed E-state index contributed by atoms with van der Waals surface area (Å²) < 4.78 is 13.1. The lowest BCUT2D eigenvalue weighted by Crippen LogP contribution is -1.96. The number of furan rings is 1. The van der Waals surface area contributed by atoms with E-state index < -0.39 is 0 Å². The zero-order valence-corrected chi connectivity index (χ0v) is 23.6. The van der Waals surface area contributed by atoms with Gasteiger partial charge >= 0.3 is 0 Å². The van der Waals surface area contributed by atoms with Gasteiger partial charge in [0.2, 0.25) is 11.5 Å². The molecule has 4 aromatic heterocycles. The molecule has 4 heterocycles. The Balaban J connectivity index is 1.21.